The molecule has 0 radical (unpaired) electrons. The molecule has 1 aromatic heterocycles. The van der Waals surface area contributed by atoms with E-state index >= 15 is 0 Å². The molecule has 1 aromatic rings. The lowest BCUT2D eigenvalue weighted by molar-refractivity contribution is 0.824. The molecule has 5 heteroatoms. The first-order valence-corrected chi connectivity index (χ1v) is 8.33. The minimum absolute atomic E-state index is 0.393. The molecule has 0 amide bonds. The molecule has 0 saturated heterocycles. The van der Waals surface area contributed by atoms with Crippen molar-refractivity contribution < 1.29 is 0 Å². The number of hydrogen-bond donors (Lipinski definition) is 2. The Kier molecular flexibility index (Phi) is 6.99. The normalized spacial score (nSPS) is 12.5. The second kappa shape index (κ2) is 8.25. The van der Waals surface area contributed by atoms with Gasteiger partial charge in [0.05, 0.1) is 0 Å². The van der Waals surface area contributed by atoms with Gasteiger partial charge in [0.15, 0.2) is 0 Å². The van der Waals surface area contributed by atoms with Crippen LogP contribution in [0.4, 0.5) is 11.6 Å². The van der Waals surface area contributed by atoms with E-state index in [-0.39, 0.29) is 0 Å². The van der Waals surface area contributed by atoms with Crippen LogP contribution >= 0.6 is 11.8 Å². The van der Waals surface area contributed by atoms with Crippen LogP contribution in [0.3, 0.4) is 0 Å². The van der Waals surface area contributed by atoms with E-state index in [1.165, 1.54) is 5.56 Å². The number of nitrogens with zero attached hydrogens (tertiary/aromatic N) is 2. The van der Waals surface area contributed by atoms with Crippen molar-refractivity contribution >= 4 is 23.4 Å². The standard InChI is InChI=1S/C14H26N4S/c1-6-7-15-13-12(10(2)3)14(17-9-16-13)18-11(4)8-19-5/h9-11H,6-8H2,1-5H3,(H2,15,16,17,18). The van der Waals surface area contributed by atoms with Gasteiger partial charge in [0.2, 0.25) is 0 Å². The summed E-state index contributed by atoms with van der Waals surface area (Å²) in [4.78, 5) is 8.80. The van der Waals surface area contributed by atoms with Crippen molar-refractivity contribution in [3.8, 4) is 0 Å². The van der Waals surface area contributed by atoms with Crippen LogP contribution in [0.5, 0.6) is 0 Å². The molecule has 1 unspecified atom stereocenters. The monoisotopic (exact) mass is 282 g/mol. The summed E-state index contributed by atoms with van der Waals surface area (Å²) >= 11 is 1.84. The van der Waals surface area contributed by atoms with Gasteiger partial charge in [-0.3, -0.25) is 0 Å². The molecule has 0 aromatic carbocycles. The summed E-state index contributed by atoms with van der Waals surface area (Å²) in [5, 5.41) is 6.89. The lowest BCUT2D eigenvalue weighted by Gasteiger charge is -2.20. The SMILES string of the molecule is CCCNc1ncnc(NC(C)CSC)c1C(C)C. The Bertz CT molecular complexity index is 382. The fourth-order valence-corrected chi connectivity index (χ4v) is 2.55. The molecule has 1 atom stereocenters. The maximum Gasteiger partial charge on any atom is 0.135 e. The van der Waals surface area contributed by atoms with Gasteiger partial charge in [-0.1, -0.05) is 20.8 Å². The number of thioether (sulfide) groups is 1. The van der Waals surface area contributed by atoms with E-state index in [9.17, 15) is 0 Å². The zero-order valence-corrected chi connectivity index (χ0v) is 13.5. The summed E-state index contributed by atoms with van der Waals surface area (Å²) in [5.41, 5.74) is 1.18. The van der Waals surface area contributed by atoms with Gasteiger partial charge in [-0.05, 0) is 25.5 Å². The average Bonchev–Trinajstić information content (AvgIpc) is 2.36. The quantitative estimate of drug-likeness (QED) is 0.763. The van der Waals surface area contributed by atoms with E-state index in [0.717, 1.165) is 30.4 Å². The van der Waals surface area contributed by atoms with Gasteiger partial charge in [-0.15, -0.1) is 0 Å². The zero-order chi connectivity index (χ0) is 14.3. The highest BCUT2D eigenvalue weighted by Gasteiger charge is 2.15. The summed E-state index contributed by atoms with van der Waals surface area (Å²) in [6.07, 6.45) is 4.85. The van der Waals surface area contributed by atoms with Crippen molar-refractivity contribution in [2.75, 3.05) is 29.2 Å². The number of hydrogen-bond acceptors (Lipinski definition) is 5. The third-order valence-corrected chi connectivity index (χ3v) is 3.64. The first kappa shape index (κ1) is 16.1. The molecule has 0 fully saturated rings. The van der Waals surface area contributed by atoms with E-state index in [4.69, 9.17) is 0 Å². The Hall–Kier alpha value is -0.970. The van der Waals surface area contributed by atoms with Crippen LogP contribution in [-0.2, 0) is 0 Å². The molecule has 2 N–H and O–H groups in total. The summed E-state index contributed by atoms with van der Waals surface area (Å²) < 4.78 is 0. The van der Waals surface area contributed by atoms with Crippen molar-refractivity contribution in [3.63, 3.8) is 0 Å². The summed E-state index contributed by atoms with van der Waals surface area (Å²) in [6, 6.07) is 0.404. The highest BCUT2D eigenvalue weighted by atomic mass is 32.2. The minimum atomic E-state index is 0.393. The molecular formula is C14H26N4S. The van der Waals surface area contributed by atoms with E-state index in [1.807, 2.05) is 11.8 Å². The topological polar surface area (TPSA) is 49.8 Å². The summed E-state index contributed by atoms with van der Waals surface area (Å²) in [7, 11) is 0. The van der Waals surface area contributed by atoms with Crippen molar-refractivity contribution in [1.29, 1.82) is 0 Å². The molecule has 4 nitrogen and oxygen atoms in total. The van der Waals surface area contributed by atoms with E-state index in [1.54, 1.807) is 6.33 Å². The van der Waals surface area contributed by atoms with E-state index in [2.05, 4.69) is 54.6 Å². The van der Waals surface area contributed by atoms with Crippen LogP contribution in [0.2, 0.25) is 0 Å². The molecule has 0 aliphatic rings. The Morgan fingerprint density at radius 1 is 1.21 bits per heavy atom. The van der Waals surface area contributed by atoms with Crippen LogP contribution in [-0.4, -0.2) is 34.6 Å². The second-order valence-electron chi connectivity index (χ2n) is 5.07. The van der Waals surface area contributed by atoms with Crippen LogP contribution in [0.15, 0.2) is 6.33 Å². The van der Waals surface area contributed by atoms with Crippen molar-refractivity contribution in [3.05, 3.63) is 11.9 Å². The number of nitrogens with one attached hydrogen (secondary N) is 2. The van der Waals surface area contributed by atoms with Crippen molar-refractivity contribution in [1.82, 2.24) is 9.97 Å². The van der Waals surface area contributed by atoms with Gasteiger partial charge in [-0.25, -0.2) is 9.97 Å². The lowest BCUT2D eigenvalue weighted by Crippen LogP contribution is -2.21. The zero-order valence-electron chi connectivity index (χ0n) is 12.7. The molecule has 0 saturated carbocycles. The van der Waals surface area contributed by atoms with Crippen LogP contribution in [0.1, 0.15) is 45.6 Å². The number of rotatable bonds is 8. The molecule has 0 spiro atoms. The maximum absolute atomic E-state index is 4.42. The highest BCUT2D eigenvalue weighted by Crippen LogP contribution is 2.28. The van der Waals surface area contributed by atoms with Crippen molar-refractivity contribution in [2.45, 2.75) is 46.1 Å². The predicted molar refractivity (Wildman–Crippen MR) is 86.4 cm³/mol. The third-order valence-electron chi connectivity index (χ3n) is 2.80. The number of aromatic nitrogens is 2. The minimum Gasteiger partial charge on any atom is -0.370 e. The third kappa shape index (κ3) is 4.90. The maximum atomic E-state index is 4.42. The first-order valence-electron chi connectivity index (χ1n) is 6.94. The van der Waals surface area contributed by atoms with E-state index < -0.39 is 0 Å². The van der Waals surface area contributed by atoms with Gasteiger partial charge in [0.25, 0.3) is 0 Å². The smallest absolute Gasteiger partial charge is 0.135 e. The molecule has 0 aliphatic carbocycles. The van der Waals surface area contributed by atoms with Gasteiger partial charge in [0, 0.05) is 23.9 Å². The van der Waals surface area contributed by atoms with Crippen LogP contribution < -0.4 is 10.6 Å². The molecular weight excluding hydrogens is 256 g/mol. The summed E-state index contributed by atoms with van der Waals surface area (Å²) in [5.74, 6) is 3.39. The Balaban J connectivity index is 2.95. The largest absolute Gasteiger partial charge is 0.370 e. The molecule has 0 bridgehead atoms. The number of anilines is 2. The van der Waals surface area contributed by atoms with Crippen LogP contribution in [0, 0.1) is 0 Å². The summed E-state index contributed by atoms with van der Waals surface area (Å²) in [6.45, 7) is 9.64. The molecule has 108 valence electrons. The van der Waals surface area contributed by atoms with E-state index in [0.29, 0.717) is 12.0 Å². The Labute approximate surface area is 121 Å². The fraction of sp³-hybridized carbons (Fsp3) is 0.714. The fourth-order valence-electron chi connectivity index (χ4n) is 1.97. The predicted octanol–water partition coefficient (Wildman–Crippen LogP) is 3.59. The Morgan fingerprint density at radius 3 is 2.47 bits per heavy atom. The Morgan fingerprint density at radius 2 is 1.89 bits per heavy atom. The van der Waals surface area contributed by atoms with Gasteiger partial charge >= 0.3 is 0 Å². The van der Waals surface area contributed by atoms with Crippen molar-refractivity contribution in [2.24, 2.45) is 0 Å². The molecule has 19 heavy (non-hydrogen) atoms. The van der Waals surface area contributed by atoms with Gasteiger partial charge < -0.3 is 10.6 Å². The molecule has 1 rings (SSSR count). The average molecular weight is 282 g/mol. The first-order chi connectivity index (χ1) is 9.10. The highest BCUT2D eigenvalue weighted by molar-refractivity contribution is 7.98. The second-order valence-corrected chi connectivity index (χ2v) is 5.98. The van der Waals surface area contributed by atoms with Gasteiger partial charge in [-0.2, -0.15) is 11.8 Å². The lowest BCUT2D eigenvalue weighted by atomic mass is 10.0. The van der Waals surface area contributed by atoms with Crippen LogP contribution in [0.25, 0.3) is 0 Å². The van der Waals surface area contributed by atoms with Gasteiger partial charge in [0.1, 0.15) is 18.0 Å². The molecule has 1 heterocycles. The molecule has 0 aliphatic heterocycles.